The summed E-state index contributed by atoms with van der Waals surface area (Å²) in [7, 11) is 0. The van der Waals surface area contributed by atoms with Gasteiger partial charge in [0, 0.05) is 13.1 Å². The first-order valence-corrected chi connectivity index (χ1v) is 9.26. The van der Waals surface area contributed by atoms with Crippen molar-refractivity contribution in [3.63, 3.8) is 0 Å². The zero-order valence-corrected chi connectivity index (χ0v) is 15.7. The van der Waals surface area contributed by atoms with Gasteiger partial charge in [-0.05, 0) is 53.6 Å². The maximum atomic E-state index is 12.3. The standard InChI is InChI=1S/C22H25NO4/c1-15-11-16(2)13-23(12-15)21(25)14-27-22(26)19-5-3-17(4-6-19)18-7-9-20(24)10-8-18/h3-10,15-16,24H,11-14H2,1-2H3/t15-,16-/m0/s1. The van der Waals surface area contributed by atoms with Crippen molar-refractivity contribution in [3.05, 3.63) is 54.1 Å². The number of carbonyl (C=O) groups excluding carboxylic acids is 2. The number of phenolic OH excluding ortho intramolecular Hbond substituents is 1. The Hall–Kier alpha value is -2.82. The van der Waals surface area contributed by atoms with E-state index in [1.54, 1.807) is 29.2 Å². The monoisotopic (exact) mass is 367 g/mol. The van der Waals surface area contributed by atoms with Crippen LogP contribution < -0.4 is 0 Å². The van der Waals surface area contributed by atoms with E-state index in [1.165, 1.54) is 0 Å². The van der Waals surface area contributed by atoms with Gasteiger partial charge in [-0.1, -0.05) is 38.1 Å². The summed E-state index contributed by atoms with van der Waals surface area (Å²) in [5.41, 5.74) is 2.28. The van der Waals surface area contributed by atoms with Gasteiger partial charge in [0.2, 0.25) is 0 Å². The van der Waals surface area contributed by atoms with E-state index in [0.29, 0.717) is 17.4 Å². The third-order valence-electron chi connectivity index (χ3n) is 4.87. The van der Waals surface area contributed by atoms with Gasteiger partial charge in [0.25, 0.3) is 5.91 Å². The predicted molar refractivity (Wildman–Crippen MR) is 103 cm³/mol. The smallest absolute Gasteiger partial charge is 0.338 e. The van der Waals surface area contributed by atoms with Crippen LogP contribution in [0.25, 0.3) is 11.1 Å². The predicted octanol–water partition coefficient (Wildman–Crippen LogP) is 3.72. The van der Waals surface area contributed by atoms with E-state index < -0.39 is 5.97 Å². The Balaban J connectivity index is 1.56. The van der Waals surface area contributed by atoms with Crippen LogP contribution in [0.3, 0.4) is 0 Å². The highest BCUT2D eigenvalue weighted by molar-refractivity contribution is 5.91. The molecule has 142 valence electrons. The van der Waals surface area contributed by atoms with Gasteiger partial charge >= 0.3 is 5.97 Å². The van der Waals surface area contributed by atoms with Crippen LogP contribution in [-0.4, -0.2) is 41.6 Å². The zero-order chi connectivity index (χ0) is 19.4. The maximum Gasteiger partial charge on any atom is 0.338 e. The molecule has 1 fully saturated rings. The SMILES string of the molecule is C[C@H]1C[C@H](C)CN(C(=O)COC(=O)c2ccc(-c3ccc(O)cc3)cc2)C1. The molecule has 0 saturated carbocycles. The molecule has 5 heteroatoms. The number of carbonyl (C=O) groups is 2. The van der Waals surface area contributed by atoms with E-state index in [9.17, 15) is 14.7 Å². The van der Waals surface area contributed by atoms with Crippen LogP contribution in [0, 0.1) is 11.8 Å². The first kappa shape index (κ1) is 19.0. The minimum Gasteiger partial charge on any atom is -0.508 e. The number of likely N-dealkylation sites (tertiary alicyclic amines) is 1. The molecule has 0 unspecified atom stereocenters. The number of hydrogen-bond acceptors (Lipinski definition) is 4. The third-order valence-corrected chi connectivity index (χ3v) is 4.87. The number of nitrogens with zero attached hydrogens (tertiary/aromatic N) is 1. The van der Waals surface area contributed by atoms with Crippen molar-refractivity contribution in [2.45, 2.75) is 20.3 Å². The quantitative estimate of drug-likeness (QED) is 0.837. The van der Waals surface area contributed by atoms with Crippen LogP contribution in [0.5, 0.6) is 5.75 Å². The summed E-state index contributed by atoms with van der Waals surface area (Å²) in [5, 5.41) is 9.36. The molecule has 0 spiro atoms. The number of ether oxygens (including phenoxy) is 1. The fourth-order valence-corrected chi connectivity index (χ4v) is 3.62. The molecule has 2 atom stereocenters. The molecule has 1 aliphatic rings. The van der Waals surface area contributed by atoms with Gasteiger partial charge in [0.05, 0.1) is 5.56 Å². The van der Waals surface area contributed by atoms with Gasteiger partial charge in [-0.2, -0.15) is 0 Å². The van der Waals surface area contributed by atoms with E-state index in [4.69, 9.17) is 4.74 Å². The molecule has 5 nitrogen and oxygen atoms in total. The highest BCUT2D eigenvalue weighted by Gasteiger charge is 2.26. The number of aromatic hydroxyl groups is 1. The third kappa shape index (κ3) is 4.88. The second-order valence-electron chi connectivity index (χ2n) is 7.45. The highest BCUT2D eigenvalue weighted by atomic mass is 16.5. The van der Waals surface area contributed by atoms with Crippen LogP contribution in [0.1, 0.15) is 30.6 Å². The number of rotatable bonds is 4. The topological polar surface area (TPSA) is 66.8 Å². The Kier molecular flexibility index (Phi) is 5.79. The zero-order valence-electron chi connectivity index (χ0n) is 15.7. The molecule has 0 bridgehead atoms. The first-order chi connectivity index (χ1) is 12.9. The average molecular weight is 367 g/mol. The van der Waals surface area contributed by atoms with Crippen LogP contribution in [0.2, 0.25) is 0 Å². The minimum atomic E-state index is -0.501. The molecule has 2 aromatic rings. The van der Waals surface area contributed by atoms with E-state index in [0.717, 1.165) is 30.6 Å². The molecule has 3 rings (SSSR count). The molecule has 0 radical (unpaired) electrons. The van der Waals surface area contributed by atoms with E-state index in [1.807, 2.05) is 24.3 Å². The Morgan fingerprint density at radius 1 is 0.963 bits per heavy atom. The van der Waals surface area contributed by atoms with Gasteiger partial charge in [-0.3, -0.25) is 4.79 Å². The number of hydrogen-bond donors (Lipinski definition) is 1. The highest BCUT2D eigenvalue weighted by Crippen LogP contribution is 2.23. The second-order valence-corrected chi connectivity index (χ2v) is 7.45. The number of phenols is 1. The molecule has 27 heavy (non-hydrogen) atoms. The van der Waals surface area contributed by atoms with Gasteiger partial charge in [-0.25, -0.2) is 4.79 Å². The van der Waals surface area contributed by atoms with Crippen molar-refractivity contribution in [2.75, 3.05) is 19.7 Å². The van der Waals surface area contributed by atoms with Gasteiger partial charge in [0.1, 0.15) is 5.75 Å². The summed E-state index contributed by atoms with van der Waals surface area (Å²) >= 11 is 0. The lowest BCUT2D eigenvalue weighted by atomic mass is 9.92. The number of piperidine rings is 1. The van der Waals surface area contributed by atoms with E-state index >= 15 is 0 Å². The van der Waals surface area contributed by atoms with Crippen molar-refractivity contribution in [3.8, 4) is 16.9 Å². The molecule has 0 aliphatic carbocycles. The molecule has 1 amide bonds. The molecular formula is C22H25NO4. The summed E-state index contributed by atoms with van der Waals surface area (Å²) in [6.07, 6.45) is 1.12. The van der Waals surface area contributed by atoms with Crippen LogP contribution >= 0.6 is 0 Å². The van der Waals surface area contributed by atoms with Crippen molar-refractivity contribution in [2.24, 2.45) is 11.8 Å². The molecular weight excluding hydrogens is 342 g/mol. The fraction of sp³-hybridized carbons (Fsp3) is 0.364. The summed E-state index contributed by atoms with van der Waals surface area (Å²) in [6, 6.07) is 13.8. The molecule has 0 aromatic heterocycles. The second kappa shape index (κ2) is 8.25. The largest absolute Gasteiger partial charge is 0.508 e. The number of amides is 1. The molecule has 1 heterocycles. The molecule has 1 saturated heterocycles. The summed E-state index contributed by atoms with van der Waals surface area (Å²) < 4.78 is 5.21. The van der Waals surface area contributed by atoms with Crippen LogP contribution in [0.4, 0.5) is 0 Å². The number of esters is 1. The molecule has 1 N–H and O–H groups in total. The van der Waals surface area contributed by atoms with Gasteiger partial charge in [0.15, 0.2) is 6.61 Å². The van der Waals surface area contributed by atoms with Crippen molar-refractivity contribution >= 4 is 11.9 Å². The van der Waals surface area contributed by atoms with Crippen LogP contribution in [-0.2, 0) is 9.53 Å². The van der Waals surface area contributed by atoms with Gasteiger partial charge < -0.3 is 14.7 Å². The normalized spacial score (nSPS) is 19.6. The lowest BCUT2D eigenvalue weighted by molar-refractivity contribution is -0.137. The lowest BCUT2D eigenvalue weighted by Gasteiger charge is -2.34. The summed E-state index contributed by atoms with van der Waals surface area (Å²) in [4.78, 5) is 26.3. The maximum absolute atomic E-state index is 12.3. The van der Waals surface area contributed by atoms with Crippen molar-refractivity contribution < 1.29 is 19.4 Å². The lowest BCUT2D eigenvalue weighted by Crippen LogP contribution is -2.44. The van der Waals surface area contributed by atoms with Crippen LogP contribution in [0.15, 0.2) is 48.5 Å². The average Bonchev–Trinajstić information content (AvgIpc) is 2.66. The van der Waals surface area contributed by atoms with Crippen molar-refractivity contribution in [1.82, 2.24) is 4.90 Å². The Bertz CT molecular complexity index is 788. The Labute approximate surface area is 159 Å². The molecule has 2 aromatic carbocycles. The molecule has 1 aliphatic heterocycles. The number of benzene rings is 2. The van der Waals surface area contributed by atoms with Gasteiger partial charge in [-0.15, -0.1) is 0 Å². The minimum absolute atomic E-state index is 0.137. The van der Waals surface area contributed by atoms with E-state index in [-0.39, 0.29) is 18.3 Å². The fourth-order valence-electron chi connectivity index (χ4n) is 3.62. The Morgan fingerprint density at radius 2 is 1.48 bits per heavy atom. The first-order valence-electron chi connectivity index (χ1n) is 9.26. The summed E-state index contributed by atoms with van der Waals surface area (Å²) in [6.45, 7) is 5.50. The van der Waals surface area contributed by atoms with E-state index in [2.05, 4.69) is 13.8 Å². The van der Waals surface area contributed by atoms with Crippen molar-refractivity contribution in [1.29, 1.82) is 0 Å². The summed E-state index contributed by atoms with van der Waals surface area (Å²) in [5.74, 6) is 0.518. The Morgan fingerprint density at radius 3 is 2.04 bits per heavy atom.